The lowest BCUT2D eigenvalue weighted by Crippen LogP contribution is -2.33. The molecule has 7 nitrogen and oxygen atoms in total. The van der Waals surface area contributed by atoms with E-state index in [9.17, 15) is 9.59 Å². The van der Waals surface area contributed by atoms with Gasteiger partial charge in [-0.1, -0.05) is 6.92 Å². The Morgan fingerprint density at radius 1 is 1.30 bits per heavy atom. The number of amides is 1. The van der Waals surface area contributed by atoms with Gasteiger partial charge in [0.15, 0.2) is 11.5 Å². The fourth-order valence-electron chi connectivity index (χ4n) is 2.25. The second-order valence-electron chi connectivity index (χ2n) is 5.10. The monoisotopic (exact) mass is 323 g/mol. The molecule has 0 radical (unpaired) electrons. The van der Waals surface area contributed by atoms with E-state index >= 15 is 0 Å². The molecule has 0 unspecified atom stereocenters. The first-order chi connectivity index (χ1) is 10.9. The Balaban J connectivity index is 3.15. The average Bonchev–Trinajstić information content (AvgIpc) is 2.53. The second kappa shape index (κ2) is 8.26. The summed E-state index contributed by atoms with van der Waals surface area (Å²) in [5.41, 5.74) is 7.33. The minimum atomic E-state index is -0.163. The van der Waals surface area contributed by atoms with E-state index in [1.165, 1.54) is 21.1 Å². The number of hydrogen-bond donors (Lipinski definition) is 2. The normalized spacial score (nSPS) is 10.1. The molecule has 0 fully saturated rings. The molecule has 23 heavy (non-hydrogen) atoms. The van der Waals surface area contributed by atoms with E-state index < -0.39 is 0 Å². The van der Waals surface area contributed by atoms with Gasteiger partial charge in [-0.15, -0.1) is 0 Å². The molecule has 0 saturated heterocycles. The summed E-state index contributed by atoms with van der Waals surface area (Å²) in [4.78, 5) is 24.9. The van der Waals surface area contributed by atoms with Gasteiger partial charge >= 0.3 is 0 Å². The molecule has 7 heteroatoms. The van der Waals surface area contributed by atoms with Crippen molar-refractivity contribution in [2.45, 2.75) is 20.3 Å². The number of carbonyl (C=O) groups is 2. The van der Waals surface area contributed by atoms with Gasteiger partial charge in [0.1, 0.15) is 11.4 Å². The molecule has 0 aliphatic carbocycles. The summed E-state index contributed by atoms with van der Waals surface area (Å²) in [5.74, 6) is 0.705. The molecule has 0 atom stereocenters. The number of nitrogens with two attached hydrogens (primary N) is 1. The number of benzene rings is 1. The standard InChI is InChI=1S/C16H25N3O4/c1-6-13(21)18-7-8-19(3)15-12(22-4)9-11(10(2)20)14(17)16(15)23-5/h9H,6-8,17H2,1-5H3,(H,18,21). The van der Waals surface area contributed by atoms with Gasteiger partial charge in [-0.3, -0.25) is 9.59 Å². The summed E-state index contributed by atoms with van der Waals surface area (Å²) in [7, 11) is 4.85. The molecule has 3 N–H and O–H groups in total. The largest absolute Gasteiger partial charge is 0.494 e. The molecule has 0 saturated carbocycles. The lowest BCUT2D eigenvalue weighted by Gasteiger charge is -2.26. The second-order valence-corrected chi connectivity index (χ2v) is 5.10. The molecule has 0 aliphatic rings. The number of likely N-dealkylation sites (N-methyl/N-ethyl adjacent to an activating group) is 1. The van der Waals surface area contributed by atoms with Crippen molar-refractivity contribution in [1.82, 2.24) is 5.32 Å². The van der Waals surface area contributed by atoms with Gasteiger partial charge in [0.2, 0.25) is 5.91 Å². The third-order valence-electron chi connectivity index (χ3n) is 3.53. The number of methoxy groups -OCH3 is 2. The topological polar surface area (TPSA) is 93.9 Å². The number of nitrogens with one attached hydrogen (secondary N) is 1. The summed E-state index contributed by atoms with van der Waals surface area (Å²) < 4.78 is 10.8. The highest BCUT2D eigenvalue weighted by Crippen LogP contribution is 2.43. The fourth-order valence-corrected chi connectivity index (χ4v) is 2.25. The number of nitrogen functional groups attached to an aromatic ring is 1. The zero-order chi connectivity index (χ0) is 17.6. The molecule has 1 aromatic carbocycles. The van der Waals surface area contributed by atoms with E-state index in [0.29, 0.717) is 42.3 Å². The van der Waals surface area contributed by atoms with Crippen molar-refractivity contribution < 1.29 is 19.1 Å². The number of nitrogens with zero attached hydrogens (tertiary/aromatic N) is 1. The first kappa shape index (κ1) is 18.6. The predicted octanol–water partition coefficient (Wildman–Crippen LogP) is 1.45. The SMILES string of the molecule is CCC(=O)NCCN(C)c1c(OC)cc(C(C)=O)c(N)c1OC. The Labute approximate surface area is 136 Å². The van der Waals surface area contributed by atoms with Crippen LogP contribution in [-0.2, 0) is 4.79 Å². The van der Waals surface area contributed by atoms with E-state index in [4.69, 9.17) is 15.2 Å². The smallest absolute Gasteiger partial charge is 0.219 e. The van der Waals surface area contributed by atoms with E-state index in [-0.39, 0.29) is 17.4 Å². The van der Waals surface area contributed by atoms with Crippen molar-refractivity contribution in [3.8, 4) is 11.5 Å². The van der Waals surface area contributed by atoms with Crippen molar-refractivity contribution >= 4 is 23.1 Å². The van der Waals surface area contributed by atoms with E-state index in [1.54, 1.807) is 13.0 Å². The molecular weight excluding hydrogens is 298 g/mol. The minimum Gasteiger partial charge on any atom is -0.494 e. The minimum absolute atomic E-state index is 0.0104. The highest BCUT2D eigenvalue weighted by molar-refractivity contribution is 6.03. The van der Waals surface area contributed by atoms with Crippen molar-refractivity contribution in [2.24, 2.45) is 0 Å². The number of carbonyl (C=O) groups excluding carboxylic acids is 2. The quantitative estimate of drug-likeness (QED) is 0.555. The molecule has 128 valence electrons. The number of anilines is 2. The summed E-state index contributed by atoms with van der Waals surface area (Å²) in [5, 5.41) is 2.80. The molecule has 1 rings (SSSR count). The number of Topliss-reactive ketones (excluding diaryl/α,β-unsaturated/α-hetero) is 1. The third kappa shape index (κ3) is 4.28. The Kier molecular flexibility index (Phi) is 6.68. The van der Waals surface area contributed by atoms with E-state index in [2.05, 4.69) is 5.32 Å². The van der Waals surface area contributed by atoms with Gasteiger partial charge in [0.25, 0.3) is 0 Å². The lowest BCUT2D eigenvalue weighted by molar-refractivity contribution is -0.120. The summed E-state index contributed by atoms with van der Waals surface area (Å²) in [6.45, 7) is 4.25. The van der Waals surface area contributed by atoms with Crippen molar-refractivity contribution in [3.63, 3.8) is 0 Å². The number of rotatable bonds is 8. The highest BCUT2D eigenvalue weighted by atomic mass is 16.5. The summed E-state index contributed by atoms with van der Waals surface area (Å²) in [6.07, 6.45) is 0.441. The van der Waals surface area contributed by atoms with Gasteiger partial charge in [-0.05, 0) is 13.0 Å². The first-order valence-corrected chi connectivity index (χ1v) is 7.40. The van der Waals surface area contributed by atoms with Crippen LogP contribution in [-0.4, -0.2) is 46.0 Å². The van der Waals surface area contributed by atoms with Crippen molar-refractivity contribution in [3.05, 3.63) is 11.6 Å². The van der Waals surface area contributed by atoms with Crippen LogP contribution in [0.15, 0.2) is 6.07 Å². The fraction of sp³-hybridized carbons (Fsp3) is 0.500. The molecule has 0 aliphatic heterocycles. The molecule has 0 spiro atoms. The van der Waals surface area contributed by atoms with Crippen LogP contribution in [0.4, 0.5) is 11.4 Å². The van der Waals surface area contributed by atoms with Crippen LogP contribution < -0.4 is 25.4 Å². The number of hydrogen-bond acceptors (Lipinski definition) is 6. The first-order valence-electron chi connectivity index (χ1n) is 7.40. The van der Waals surface area contributed by atoms with Gasteiger partial charge < -0.3 is 25.4 Å². The molecule has 0 bridgehead atoms. The molecule has 0 heterocycles. The lowest BCUT2D eigenvalue weighted by atomic mass is 10.1. The maximum absolute atomic E-state index is 11.7. The zero-order valence-corrected chi connectivity index (χ0v) is 14.4. The highest BCUT2D eigenvalue weighted by Gasteiger charge is 2.22. The van der Waals surface area contributed by atoms with E-state index in [1.807, 2.05) is 11.9 Å². The zero-order valence-electron chi connectivity index (χ0n) is 14.4. The number of ether oxygens (including phenoxy) is 2. The summed E-state index contributed by atoms with van der Waals surface area (Å²) >= 11 is 0. The Hall–Kier alpha value is -2.44. The van der Waals surface area contributed by atoms with Crippen molar-refractivity contribution in [1.29, 1.82) is 0 Å². The molecule has 1 amide bonds. The molecule has 0 aromatic heterocycles. The third-order valence-corrected chi connectivity index (χ3v) is 3.53. The molecule has 1 aromatic rings. The maximum Gasteiger partial charge on any atom is 0.219 e. The van der Waals surface area contributed by atoms with Gasteiger partial charge in [-0.25, -0.2) is 0 Å². The van der Waals surface area contributed by atoms with Gasteiger partial charge in [-0.2, -0.15) is 0 Å². The Morgan fingerprint density at radius 3 is 2.43 bits per heavy atom. The van der Waals surface area contributed by atoms with Gasteiger partial charge in [0, 0.05) is 32.1 Å². The Bertz CT molecular complexity index is 587. The van der Waals surface area contributed by atoms with Gasteiger partial charge in [0.05, 0.1) is 19.9 Å². The van der Waals surface area contributed by atoms with Crippen LogP contribution >= 0.6 is 0 Å². The van der Waals surface area contributed by atoms with Crippen LogP contribution in [0.5, 0.6) is 11.5 Å². The number of ketones is 1. The summed E-state index contributed by atoms with van der Waals surface area (Å²) in [6, 6.07) is 1.61. The van der Waals surface area contributed by atoms with Crippen LogP contribution in [0.1, 0.15) is 30.6 Å². The maximum atomic E-state index is 11.7. The van der Waals surface area contributed by atoms with Crippen LogP contribution in [0, 0.1) is 0 Å². The molecular formula is C16H25N3O4. The van der Waals surface area contributed by atoms with Crippen LogP contribution in [0.3, 0.4) is 0 Å². The Morgan fingerprint density at radius 2 is 1.96 bits per heavy atom. The van der Waals surface area contributed by atoms with E-state index in [0.717, 1.165) is 0 Å². The van der Waals surface area contributed by atoms with Crippen LogP contribution in [0.25, 0.3) is 0 Å². The average molecular weight is 323 g/mol. The van der Waals surface area contributed by atoms with Crippen molar-refractivity contribution in [2.75, 3.05) is 45.0 Å². The van der Waals surface area contributed by atoms with Crippen LogP contribution in [0.2, 0.25) is 0 Å². The predicted molar refractivity (Wildman–Crippen MR) is 90.5 cm³/mol.